The second kappa shape index (κ2) is 7.74. The van der Waals surface area contributed by atoms with Crippen LogP contribution in [0.15, 0.2) is 6.20 Å². The maximum absolute atomic E-state index is 6.51. The molecule has 1 aliphatic carbocycles. The molecule has 2 unspecified atom stereocenters. The highest BCUT2D eigenvalue weighted by Crippen LogP contribution is 2.33. The molecule has 2 N–H and O–H groups in total. The topological polar surface area (TPSA) is 66.0 Å². The second-order valence-corrected chi connectivity index (χ2v) is 5.73. The van der Waals surface area contributed by atoms with Gasteiger partial charge in [0.05, 0.1) is 24.0 Å². The van der Waals surface area contributed by atoms with E-state index in [4.69, 9.17) is 10.5 Å². The van der Waals surface area contributed by atoms with Crippen molar-refractivity contribution in [2.45, 2.75) is 71.1 Å². The molecule has 114 valence electrons. The number of hydrogen-bond acceptors (Lipinski definition) is 4. The Morgan fingerprint density at radius 3 is 2.75 bits per heavy atom. The van der Waals surface area contributed by atoms with Crippen molar-refractivity contribution in [1.82, 2.24) is 15.0 Å². The Morgan fingerprint density at radius 2 is 2.10 bits per heavy atom. The quantitative estimate of drug-likeness (QED) is 0.834. The molecule has 2 rings (SSSR count). The SMILES string of the molecule is CCCn1nncc1C(N)C(OCC)C1CCCCC1. The summed E-state index contributed by atoms with van der Waals surface area (Å²) in [5.41, 5.74) is 7.52. The molecular formula is C15H28N4O. The van der Waals surface area contributed by atoms with Crippen molar-refractivity contribution in [3.05, 3.63) is 11.9 Å². The second-order valence-electron chi connectivity index (χ2n) is 5.73. The summed E-state index contributed by atoms with van der Waals surface area (Å²) in [4.78, 5) is 0. The first-order chi connectivity index (χ1) is 9.77. The Balaban J connectivity index is 2.12. The molecule has 1 aliphatic rings. The Kier molecular flexibility index (Phi) is 5.98. The van der Waals surface area contributed by atoms with Crippen LogP contribution in [0.4, 0.5) is 0 Å². The number of nitrogens with zero attached hydrogens (tertiary/aromatic N) is 3. The van der Waals surface area contributed by atoms with Crippen LogP contribution in [0, 0.1) is 5.92 Å². The van der Waals surface area contributed by atoms with Crippen LogP contribution in [0.5, 0.6) is 0 Å². The van der Waals surface area contributed by atoms with Crippen LogP contribution in [0.25, 0.3) is 0 Å². The Bertz CT molecular complexity index is 387. The zero-order valence-corrected chi connectivity index (χ0v) is 12.8. The van der Waals surface area contributed by atoms with E-state index < -0.39 is 0 Å². The third-order valence-corrected chi connectivity index (χ3v) is 4.25. The number of hydrogen-bond donors (Lipinski definition) is 1. The van der Waals surface area contributed by atoms with Crippen LogP contribution < -0.4 is 5.73 Å². The lowest BCUT2D eigenvalue weighted by Gasteiger charge is -2.33. The number of ether oxygens (including phenoxy) is 1. The summed E-state index contributed by atoms with van der Waals surface area (Å²) >= 11 is 0. The number of aryl methyl sites for hydroxylation is 1. The monoisotopic (exact) mass is 280 g/mol. The molecule has 2 atom stereocenters. The van der Waals surface area contributed by atoms with Gasteiger partial charge in [-0.25, -0.2) is 4.68 Å². The lowest BCUT2D eigenvalue weighted by atomic mass is 9.82. The van der Waals surface area contributed by atoms with Crippen LogP contribution in [0.1, 0.15) is 64.1 Å². The molecule has 0 spiro atoms. The maximum atomic E-state index is 6.51. The summed E-state index contributed by atoms with van der Waals surface area (Å²) in [6, 6.07) is -0.125. The van der Waals surface area contributed by atoms with E-state index in [9.17, 15) is 0 Å². The van der Waals surface area contributed by atoms with E-state index in [-0.39, 0.29) is 12.1 Å². The van der Waals surface area contributed by atoms with Gasteiger partial charge in [0, 0.05) is 13.2 Å². The van der Waals surface area contributed by atoms with Gasteiger partial charge in [0.2, 0.25) is 0 Å². The summed E-state index contributed by atoms with van der Waals surface area (Å²) in [5.74, 6) is 0.573. The van der Waals surface area contributed by atoms with Crippen LogP contribution in [-0.4, -0.2) is 27.7 Å². The minimum atomic E-state index is -0.125. The summed E-state index contributed by atoms with van der Waals surface area (Å²) in [5, 5.41) is 8.17. The average Bonchev–Trinajstić information content (AvgIpc) is 2.94. The molecule has 1 saturated carbocycles. The van der Waals surface area contributed by atoms with Crippen molar-refractivity contribution < 1.29 is 4.74 Å². The van der Waals surface area contributed by atoms with Gasteiger partial charge < -0.3 is 10.5 Å². The van der Waals surface area contributed by atoms with E-state index in [2.05, 4.69) is 17.2 Å². The molecule has 1 aromatic rings. The molecular weight excluding hydrogens is 252 g/mol. The molecule has 0 aliphatic heterocycles. The van der Waals surface area contributed by atoms with Gasteiger partial charge in [-0.3, -0.25) is 0 Å². The maximum Gasteiger partial charge on any atom is 0.0811 e. The summed E-state index contributed by atoms with van der Waals surface area (Å²) in [6.07, 6.45) is 9.33. The number of rotatable bonds is 7. The lowest BCUT2D eigenvalue weighted by molar-refractivity contribution is -0.0115. The van der Waals surface area contributed by atoms with Gasteiger partial charge >= 0.3 is 0 Å². The van der Waals surface area contributed by atoms with E-state index in [1.165, 1.54) is 32.1 Å². The minimum Gasteiger partial charge on any atom is -0.376 e. The number of aromatic nitrogens is 3. The first-order valence-corrected chi connectivity index (χ1v) is 8.03. The first kappa shape index (κ1) is 15.4. The molecule has 0 saturated heterocycles. The van der Waals surface area contributed by atoms with Crippen molar-refractivity contribution in [2.75, 3.05) is 6.61 Å². The van der Waals surface area contributed by atoms with Crippen LogP contribution in [-0.2, 0) is 11.3 Å². The molecule has 1 heterocycles. The highest BCUT2D eigenvalue weighted by molar-refractivity contribution is 5.05. The molecule has 0 radical (unpaired) electrons. The molecule has 20 heavy (non-hydrogen) atoms. The lowest BCUT2D eigenvalue weighted by Crippen LogP contribution is -2.38. The van der Waals surface area contributed by atoms with Crippen molar-refractivity contribution in [2.24, 2.45) is 11.7 Å². The first-order valence-electron chi connectivity index (χ1n) is 8.03. The van der Waals surface area contributed by atoms with Gasteiger partial charge in [0.15, 0.2) is 0 Å². The van der Waals surface area contributed by atoms with Gasteiger partial charge in [0.1, 0.15) is 0 Å². The fourth-order valence-electron chi connectivity index (χ4n) is 3.27. The largest absolute Gasteiger partial charge is 0.376 e. The van der Waals surface area contributed by atoms with Crippen molar-refractivity contribution in [3.63, 3.8) is 0 Å². The van der Waals surface area contributed by atoms with E-state index in [0.717, 1.165) is 18.7 Å². The number of nitrogens with two attached hydrogens (primary N) is 1. The van der Waals surface area contributed by atoms with E-state index in [1.54, 1.807) is 6.20 Å². The third-order valence-electron chi connectivity index (χ3n) is 4.25. The third kappa shape index (κ3) is 3.58. The minimum absolute atomic E-state index is 0.0920. The van der Waals surface area contributed by atoms with Crippen LogP contribution in [0.3, 0.4) is 0 Å². The summed E-state index contributed by atoms with van der Waals surface area (Å²) in [6.45, 7) is 5.76. The summed E-state index contributed by atoms with van der Waals surface area (Å²) < 4.78 is 7.94. The highest BCUT2D eigenvalue weighted by atomic mass is 16.5. The average molecular weight is 280 g/mol. The van der Waals surface area contributed by atoms with E-state index in [0.29, 0.717) is 12.5 Å². The predicted octanol–water partition coefficient (Wildman–Crippen LogP) is 2.67. The van der Waals surface area contributed by atoms with Gasteiger partial charge in [-0.15, -0.1) is 5.10 Å². The fraction of sp³-hybridized carbons (Fsp3) is 0.867. The molecule has 5 nitrogen and oxygen atoms in total. The Morgan fingerprint density at radius 1 is 1.35 bits per heavy atom. The van der Waals surface area contributed by atoms with E-state index >= 15 is 0 Å². The highest BCUT2D eigenvalue weighted by Gasteiger charge is 2.31. The van der Waals surface area contributed by atoms with Gasteiger partial charge in [-0.1, -0.05) is 31.4 Å². The smallest absolute Gasteiger partial charge is 0.0811 e. The summed E-state index contributed by atoms with van der Waals surface area (Å²) in [7, 11) is 0. The molecule has 0 bridgehead atoms. The molecule has 0 aromatic carbocycles. The standard InChI is InChI=1S/C15H28N4O/c1-3-10-19-13(11-17-18-19)14(16)15(20-4-2)12-8-6-5-7-9-12/h11-12,14-15H,3-10,16H2,1-2H3. The van der Waals surface area contributed by atoms with Crippen LogP contribution >= 0.6 is 0 Å². The molecule has 1 aromatic heterocycles. The molecule has 1 fully saturated rings. The van der Waals surface area contributed by atoms with Gasteiger partial charge in [-0.05, 0) is 32.1 Å². The zero-order chi connectivity index (χ0) is 14.4. The van der Waals surface area contributed by atoms with Crippen molar-refractivity contribution >= 4 is 0 Å². The van der Waals surface area contributed by atoms with Gasteiger partial charge in [-0.2, -0.15) is 0 Å². The fourth-order valence-corrected chi connectivity index (χ4v) is 3.27. The predicted molar refractivity (Wildman–Crippen MR) is 79.2 cm³/mol. The Hall–Kier alpha value is -0.940. The van der Waals surface area contributed by atoms with E-state index in [1.807, 2.05) is 11.6 Å². The molecule has 0 amide bonds. The van der Waals surface area contributed by atoms with Gasteiger partial charge in [0.25, 0.3) is 0 Å². The Labute approximate surface area is 121 Å². The van der Waals surface area contributed by atoms with Crippen LogP contribution in [0.2, 0.25) is 0 Å². The van der Waals surface area contributed by atoms with Crippen molar-refractivity contribution in [1.29, 1.82) is 0 Å². The zero-order valence-electron chi connectivity index (χ0n) is 12.8. The van der Waals surface area contributed by atoms with Crippen molar-refractivity contribution in [3.8, 4) is 0 Å². The normalized spacial score (nSPS) is 19.9. The molecule has 5 heteroatoms.